The summed E-state index contributed by atoms with van der Waals surface area (Å²) in [5, 5.41) is 13.7. The summed E-state index contributed by atoms with van der Waals surface area (Å²) in [6, 6.07) is 3.50. The van der Waals surface area contributed by atoms with Gasteiger partial charge in [0, 0.05) is 24.2 Å². The molecule has 0 aliphatic heterocycles. The van der Waals surface area contributed by atoms with E-state index in [0.717, 1.165) is 18.7 Å². The summed E-state index contributed by atoms with van der Waals surface area (Å²) in [4.78, 5) is 10.0. The molecule has 0 aliphatic carbocycles. The second-order valence-corrected chi connectivity index (χ2v) is 4.42. The van der Waals surface area contributed by atoms with Gasteiger partial charge in [-0.1, -0.05) is 26.0 Å². The molecule has 0 fully saturated rings. The van der Waals surface area contributed by atoms with Crippen molar-refractivity contribution >= 4 is 11.8 Å². The van der Waals surface area contributed by atoms with E-state index in [2.05, 4.69) is 19.2 Å². The van der Waals surface area contributed by atoms with E-state index in [1.165, 1.54) is 6.07 Å². The first-order valence-corrected chi connectivity index (χ1v) is 5.82. The second-order valence-electron chi connectivity index (χ2n) is 4.42. The smallest absolute Gasteiger partial charge is 0.270 e. The lowest BCUT2D eigenvalue weighted by atomic mass is 10.1. The molecule has 0 unspecified atom stereocenters. The summed E-state index contributed by atoms with van der Waals surface area (Å²) >= 11 is 0. The van der Waals surface area contributed by atoms with Gasteiger partial charge < -0.3 is 5.32 Å². The number of benzene rings is 1. The van der Waals surface area contributed by atoms with Gasteiger partial charge in [-0.2, -0.15) is 0 Å². The highest BCUT2D eigenvalue weighted by Crippen LogP contribution is 2.17. The maximum absolute atomic E-state index is 13.4. The van der Waals surface area contributed by atoms with Crippen LogP contribution >= 0.6 is 0 Å². The van der Waals surface area contributed by atoms with E-state index in [0.29, 0.717) is 12.5 Å². The first-order chi connectivity index (χ1) is 8.50. The molecule has 0 saturated carbocycles. The molecule has 18 heavy (non-hydrogen) atoms. The number of rotatable bonds is 6. The summed E-state index contributed by atoms with van der Waals surface area (Å²) in [5.41, 5.74) is 0.127. The lowest BCUT2D eigenvalue weighted by Crippen LogP contribution is -2.19. The lowest BCUT2D eigenvalue weighted by molar-refractivity contribution is -0.384. The standard InChI is InChI=1S/C13H17FN2O2/c1-10(2)9-15-7-3-4-11-8-12(16(17)18)5-6-13(11)14/h3-6,8,10,15H,7,9H2,1-2H3/b4-3+. The summed E-state index contributed by atoms with van der Waals surface area (Å²) in [7, 11) is 0. The Balaban J connectivity index is 2.63. The molecule has 0 saturated heterocycles. The van der Waals surface area contributed by atoms with Crippen LogP contribution in [0.1, 0.15) is 19.4 Å². The number of non-ortho nitro benzene ring substituents is 1. The first kappa shape index (κ1) is 14.3. The highest BCUT2D eigenvalue weighted by molar-refractivity contribution is 5.54. The molecule has 1 N–H and O–H groups in total. The van der Waals surface area contributed by atoms with Crippen molar-refractivity contribution in [3.8, 4) is 0 Å². The van der Waals surface area contributed by atoms with E-state index in [9.17, 15) is 14.5 Å². The maximum Gasteiger partial charge on any atom is 0.270 e. The molecule has 0 radical (unpaired) electrons. The molecule has 1 aromatic rings. The van der Waals surface area contributed by atoms with Crippen LogP contribution in [0.3, 0.4) is 0 Å². The van der Waals surface area contributed by atoms with Crippen LogP contribution in [0.25, 0.3) is 6.08 Å². The molecule has 0 aromatic heterocycles. The van der Waals surface area contributed by atoms with Crippen molar-refractivity contribution in [2.45, 2.75) is 13.8 Å². The Morgan fingerprint density at radius 1 is 1.50 bits per heavy atom. The van der Waals surface area contributed by atoms with Crippen molar-refractivity contribution in [1.29, 1.82) is 0 Å². The van der Waals surface area contributed by atoms with Gasteiger partial charge in [0.15, 0.2) is 0 Å². The zero-order valence-electron chi connectivity index (χ0n) is 10.5. The fraction of sp³-hybridized carbons (Fsp3) is 0.385. The van der Waals surface area contributed by atoms with Crippen LogP contribution in [0.15, 0.2) is 24.3 Å². The molecule has 0 aliphatic rings. The van der Waals surface area contributed by atoms with Crippen LogP contribution in [0.2, 0.25) is 0 Å². The molecule has 1 rings (SSSR count). The summed E-state index contributed by atoms with van der Waals surface area (Å²) < 4.78 is 13.4. The van der Waals surface area contributed by atoms with Crippen molar-refractivity contribution in [3.63, 3.8) is 0 Å². The summed E-state index contributed by atoms with van der Waals surface area (Å²) in [5.74, 6) is 0.0914. The van der Waals surface area contributed by atoms with Crippen molar-refractivity contribution in [3.05, 3.63) is 45.8 Å². The zero-order chi connectivity index (χ0) is 13.5. The molecule has 0 amide bonds. The molecule has 0 spiro atoms. The number of nitro benzene ring substituents is 1. The van der Waals surface area contributed by atoms with E-state index < -0.39 is 10.7 Å². The SMILES string of the molecule is CC(C)CNC/C=C/c1cc([N+](=O)[O-])ccc1F. The highest BCUT2D eigenvalue weighted by atomic mass is 19.1. The van der Waals surface area contributed by atoms with Crippen LogP contribution in [0, 0.1) is 21.8 Å². The van der Waals surface area contributed by atoms with E-state index in [1.54, 1.807) is 12.2 Å². The van der Waals surface area contributed by atoms with Crippen LogP contribution in [-0.2, 0) is 0 Å². The van der Waals surface area contributed by atoms with Gasteiger partial charge in [-0.05, 0) is 18.5 Å². The van der Waals surface area contributed by atoms with Gasteiger partial charge in [0.25, 0.3) is 5.69 Å². The Morgan fingerprint density at radius 2 is 2.22 bits per heavy atom. The van der Waals surface area contributed by atoms with Gasteiger partial charge >= 0.3 is 0 Å². The fourth-order valence-electron chi connectivity index (χ4n) is 1.41. The maximum atomic E-state index is 13.4. The Bertz CT molecular complexity index is 445. The van der Waals surface area contributed by atoms with Gasteiger partial charge in [-0.25, -0.2) is 4.39 Å². The highest BCUT2D eigenvalue weighted by Gasteiger charge is 2.08. The normalized spacial score (nSPS) is 11.3. The van der Waals surface area contributed by atoms with E-state index >= 15 is 0 Å². The minimum absolute atomic E-state index is 0.105. The van der Waals surface area contributed by atoms with Gasteiger partial charge in [-0.3, -0.25) is 10.1 Å². The minimum atomic E-state index is -0.534. The Kier molecular flexibility index (Phi) is 5.45. The zero-order valence-corrected chi connectivity index (χ0v) is 10.5. The fourth-order valence-corrected chi connectivity index (χ4v) is 1.41. The Hall–Kier alpha value is -1.75. The Labute approximate surface area is 106 Å². The molecule has 5 heteroatoms. The van der Waals surface area contributed by atoms with Gasteiger partial charge in [0.2, 0.25) is 0 Å². The van der Waals surface area contributed by atoms with E-state index in [1.807, 2.05) is 0 Å². The average Bonchev–Trinajstić information content (AvgIpc) is 2.30. The van der Waals surface area contributed by atoms with Gasteiger partial charge in [-0.15, -0.1) is 0 Å². The number of nitrogens with one attached hydrogen (secondary N) is 1. The lowest BCUT2D eigenvalue weighted by Gasteiger charge is -2.03. The van der Waals surface area contributed by atoms with Crippen LogP contribution in [0.4, 0.5) is 10.1 Å². The topological polar surface area (TPSA) is 55.2 Å². The molecular weight excluding hydrogens is 235 g/mol. The first-order valence-electron chi connectivity index (χ1n) is 5.82. The predicted molar refractivity (Wildman–Crippen MR) is 69.8 cm³/mol. The van der Waals surface area contributed by atoms with Crippen LogP contribution < -0.4 is 5.32 Å². The molecule has 1 aromatic carbocycles. The van der Waals surface area contributed by atoms with Crippen LogP contribution in [-0.4, -0.2) is 18.0 Å². The van der Waals surface area contributed by atoms with E-state index in [4.69, 9.17) is 0 Å². The van der Waals surface area contributed by atoms with Crippen molar-refractivity contribution in [2.24, 2.45) is 5.92 Å². The second kappa shape index (κ2) is 6.86. The van der Waals surface area contributed by atoms with E-state index in [-0.39, 0.29) is 11.3 Å². The summed E-state index contributed by atoms with van der Waals surface area (Å²) in [6.45, 7) is 5.68. The third-order valence-electron chi connectivity index (χ3n) is 2.30. The molecular formula is C13H17FN2O2. The van der Waals surface area contributed by atoms with Crippen LogP contribution in [0.5, 0.6) is 0 Å². The number of nitro groups is 1. The largest absolute Gasteiger partial charge is 0.313 e. The molecule has 0 heterocycles. The monoisotopic (exact) mass is 252 g/mol. The average molecular weight is 252 g/mol. The quantitative estimate of drug-likeness (QED) is 0.481. The molecule has 0 atom stereocenters. The Morgan fingerprint density at radius 3 is 2.83 bits per heavy atom. The molecule has 4 nitrogen and oxygen atoms in total. The number of hydrogen-bond donors (Lipinski definition) is 1. The van der Waals surface area contributed by atoms with Gasteiger partial charge in [0.1, 0.15) is 5.82 Å². The van der Waals surface area contributed by atoms with Crippen molar-refractivity contribution in [2.75, 3.05) is 13.1 Å². The minimum Gasteiger partial charge on any atom is -0.313 e. The molecule has 0 bridgehead atoms. The van der Waals surface area contributed by atoms with Gasteiger partial charge in [0.05, 0.1) is 4.92 Å². The third-order valence-corrected chi connectivity index (χ3v) is 2.30. The third kappa shape index (κ3) is 4.63. The summed E-state index contributed by atoms with van der Waals surface area (Å²) in [6.07, 6.45) is 3.31. The van der Waals surface area contributed by atoms with Crippen molar-refractivity contribution < 1.29 is 9.31 Å². The van der Waals surface area contributed by atoms with Crippen molar-refractivity contribution in [1.82, 2.24) is 5.32 Å². The molecule has 98 valence electrons. The number of nitrogens with zero attached hydrogens (tertiary/aromatic N) is 1. The number of halogens is 1. The number of hydrogen-bond acceptors (Lipinski definition) is 3. The predicted octanol–water partition coefficient (Wildman–Crippen LogP) is 2.99.